The van der Waals surface area contributed by atoms with Crippen LogP contribution in [0.4, 0.5) is 0 Å². The fourth-order valence-corrected chi connectivity index (χ4v) is 9.45. The van der Waals surface area contributed by atoms with Gasteiger partial charge in [-0.25, -0.2) is 0 Å². The van der Waals surface area contributed by atoms with E-state index in [4.69, 9.17) is 4.74 Å². The van der Waals surface area contributed by atoms with Crippen molar-refractivity contribution in [3.63, 3.8) is 0 Å². The van der Waals surface area contributed by atoms with Crippen LogP contribution in [0.1, 0.15) is 361 Å². The molecule has 0 aliphatic rings. The molecule has 0 bridgehead atoms. The Morgan fingerprint density at radius 2 is 0.311 bits per heavy atom. The van der Waals surface area contributed by atoms with Gasteiger partial charge >= 0.3 is 0 Å². The van der Waals surface area contributed by atoms with Crippen molar-refractivity contribution in [1.82, 2.24) is 0 Å². The number of hydrogen-bond donors (Lipinski definition) is 0. The smallest absolute Gasteiger partial charge is 0.0861 e. The maximum absolute atomic E-state index is 5.59. The Hall–Kier alpha value is -0.720. The van der Waals surface area contributed by atoms with E-state index in [0.717, 1.165) is 12.8 Å². The Kier molecular flexibility index (Phi) is 58.6. The highest BCUT2D eigenvalue weighted by molar-refractivity contribution is 4.80. The third kappa shape index (κ3) is 59.3. The summed E-state index contributed by atoms with van der Waals surface area (Å²) in [6.45, 7) is 4.62. The molecular weight excluding hydrogens is 737 g/mol. The van der Waals surface area contributed by atoms with Crippen molar-refractivity contribution in [2.75, 3.05) is 0 Å². The van der Waals surface area contributed by atoms with Crippen LogP contribution >= 0.6 is 0 Å². The second-order valence-electron chi connectivity index (χ2n) is 20.1. The summed E-state index contributed by atoms with van der Waals surface area (Å²) >= 11 is 0. The molecule has 61 heavy (non-hydrogen) atoms. The largest absolute Gasteiger partial charge is 0.473 e. The van der Waals surface area contributed by atoms with E-state index in [1.54, 1.807) is 0 Å². The molecule has 0 aromatic rings. The number of rotatable bonds is 56. The summed E-state index contributed by atoms with van der Waals surface area (Å²) in [6.07, 6.45) is 86.3. The minimum Gasteiger partial charge on any atom is -0.473 e. The molecule has 0 aliphatic heterocycles. The fraction of sp³-hybridized carbons (Fsp3) is 0.933. The first-order valence-electron chi connectivity index (χ1n) is 29.4. The topological polar surface area (TPSA) is 9.23 Å². The van der Waals surface area contributed by atoms with E-state index in [9.17, 15) is 0 Å². The van der Waals surface area contributed by atoms with E-state index in [0.29, 0.717) is 0 Å². The number of hydrogen-bond acceptors (Lipinski definition) is 1. The van der Waals surface area contributed by atoms with Gasteiger partial charge in [-0.2, -0.15) is 0 Å². The molecule has 0 aromatic heterocycles. The highest BCUT2D eigenvalue weighted by Gasteiger charge is 1.99. The first kappa shape index (κ1) is 60.3. The Morgan fingerprint density at radius 3 is 0.459 bits per heavy atom. The summed E-state index contributed by atoms with van der Waals surface area (Å²) in [5.74, 6) is 0. The van der Waals surface area contributed by atoms with E-state index in [1.807, 2.05) is 12.5 Å². The normalized spacial score (nSPS) is 11.9. The van der Waals surface area contributed by atoms with Crippen molar-refractivity contribution in [3.05, 3.63) is 24.7 Å². The lowest BCUT2D eigenvalue weighted by atomic mass is 10.0. The summed E-state index contributed by atoms with van der Waals surface area (Å²) in [4.78, 5) is 0. The van der Waals surface area contributed by atoms with E-state index >= 15 is 0 Å². The van der Waals surface area contributed by atoms with Crippen LogP contribution in [0.25, 0.3) is 0 Å². The van der Waals surface area contributed by atoms with Crippen LogP contribution in [-0.4, -0.2) is 0 Å². The molecular formula is C60H118O. The van der Waals surface area contributed by atoms with Gasteiger partial charge in [-0.1, -0.05) is 335 Å². The zero-order valence-electron chi connectivity index (χ0n) is 42.9. The Morgan fingerprint density at radius 1 is 0.180 bits per heavy atom. The van der Waals surface area contributed by atoms with Crippen molar-refractivity contribution < 1.29 is 4.74 Å². The SMILES string of the molecule is CCCCCCCCCCCCCCCCCCCCCCCCCCCCC=COC=CCCCCCCCCCCCCCCCCCCCCCCCCCCCC. The molecule has 0 fully saturated rings. The van der Waals surface area contributed by atoms with Gasteiger partial charge in [-0.3, -0.25) is 0 Å². The van der Waals surface area contributed by atoms with Gasteiger partial charge in [0.1, 0.15) is 0 Å². The quantitative estimate of drug-likeness (QED) is 0.0437. The first-order chi connectivity index (χ1) is 30.4. The molecule has 0 N–H and O–H groups in total. The maximum Gasteiger partial charge on any atom is 0.0861 e. The number of allylic oxidation sites excluding steroid dienone is 2. The predicted molar refractivity (Wildman–Crippen MR) is 280 cm³/mol. The summed E-state index contributed by atoms with van der Waals surface area (Å²) in [5.41, 5.74) is 0. The molecule has 0 aliphatic carbocycles. The average molecular weight is 856 g/mol. The molecule has 0 amide bonds. The van der Waals surface area contributed by atoms with Crippen molar-refractivity contribution in [1.29, 1.82) is 0 Å². The summed E-state index contributed by atoms with van der Waals surface area (Å²) in [5, 5.41) is 0. The maximum atomic E-state index is 5.59. The number of unbranched alkanes of at least 4 members (excludes halogenated alkanes) is 52. The predicted octanol–water partition coefficient (Wildman–Crippen LogP) is 23.1. The first-order valence-corrected chi connectivity index (χ1v) is 29.4. The molecule has 0 heterocycles. The van der Waals surface area contributed by atoms with Gasteiger partial charge in [0, 0.05) is 0 Å². The van der Waals surface area contributed by atoms with Gasteiger partial charge in [0.2, 0.25) is 0 Å². The number of ether oxygens (including phenoxy) is 1. The van der Waals surface area contributed by atoms with Crippen LogP contribution < -0.4 is 0 Å². The molecule has 0 rings (SSSR count). The standard InChI is InChI=1S/C60H118O/c1-3-5-7-9-11-13-15-17-19-21-23-25-27-29-31-33-35-37-39-41-43-45-47-49-51-53-55-57-59-61-60-58-56-54-52-50-48-46-44-42-40-38-36-34-32-30-28-26-24-22-20-18-16-14-12-10-8-6-4-2/h57-60H,3-56H2,1-2H3. The zero-order chi connectivity index (χ0) is 43.7. The van der Waals surface area contributed by atoms with Crippen LogP contribution in [0, 0.1) is 0 Å². The Bertz CT molecular complexity index is 718. The molecule has 0 unspecified atom stereocenters. The van der Waals surface area contributed by atoms with Gasteiger partial charge in [0.15, 0.2) is 0 Å². The van der Waals surface area contributed by atoms with Crippen molar-refractivity contribution in [2.24, 2.45) is 0 Å². The van der Waals surface area contributed by atoms with Crippen LogP contribution in [0.5, 0.6) is 0 Å². The second-order valence-corrected chi connectivity index (χ2v) is 20.1. The van der Waals surface area contributed by atoms with Gasteiger partial charge in [-0.15, -0.1) is 0 Å². The van der Waals surface area contributed by atoms with Crippen molar-refractivity contribution in [2.45, 2.75) is 361 Å². The Balaban J connectivity index is 3.14. The highest BCUT2D eigenvalue weighted by atomic mass is 16.5. The molecule has 0 atom stereocenters. The third-order valence-electron chi connectivity index (χ3n) is 13.8. The summed E-state index contributed by atoms with van der Waals surface area (Å²) in [7, 11) is 0. The summed E-state index contributed by atoms with van der Waals surface area (Å²) in [6, 6.07) is 0. The molecule has 0 spiro atoms. The van der Waals surface area contributed by atoms with Crippen molar-refractivity contribution >= 4 is 0 Å². The van der Waals surface area contributed by atoms with Crippen molar-refractivity contribution in [3.8, 4) is 0 Å². The van der Waals surface area contributed by atoms with E-state index in [1.165, 1.54) is 334 Å². The summed E-state index contributed by atoms with van der Waals surface area (Å²) < 4.78 is 5.59. The lowest BCUT2D eigenvalue weighted by Crippen LogP contribution is -1.84. The monoisotopic (exact) mass is 855 g/mol. The molecule has 0 saturated heterocycles. The zero-order valence-corrected chi connectivity index (χ0v) is 42.9. The van der Waals surface area contributed by atoms with E-state index in [2.05, 4.69) is 26.0 Å². The minimum atomic E-state index is 1.16. The lowest BCUT2D eigenvalue weighted by Gasteiger charge is -2.04. The van der Waals surface area contributed by atoms with Crippen LogP contribution in [0.2, 0.25) is 0 Å². The van der Waals surface area contributed by atoms with E-state index in [-0.39, 0.29) is 0 Å². The molecule has 1 nitrogen and oxygen atoms in total. The Labute approximate surface area is 388 Å². The minimum absolute atomic E-state index is 1.16. The molecule has 0 saturated carbocycles. The van der Waals surface area contributed by atoms with Crippen LogP contribution in [0.3, 0.4) is 0 Å². The lowest BCUT2D eigenvalue weighted by molar-refractivity contribution is 0.397. The molecule has 0 aromatic carbocycles. The molecule has 364 valence electrons. The van der Waals surface area contributed by atoms with E-state index < -0.39 is 0 Å². The van der Waals surface area contributed by atoms with Crippen LogP contribution in [-0.2, 0) is 4.74 Å². The van der Waals surface area contributed by atoms with Gasteiger partial charge in [-0.05, 0) is 37.8 Å². The highest BCUT2D eigenvalue weighted by Crippen LogP contribution is 2.18. The molecule has 1 heteroatoms. The third-order valence-corrected chi connectivity index (χ3v) is 13.8. The van der Waals surface area contributed by atoms with Gasteiger partial charge in [0.25, 0.3) is 0 Å². The van der Waals surface area contributed by atoms with Gasteiger partial charge < -0.3 is 4.74 Å². The van der Waals surface area contributed by atoms with Gasteiger partial charge in [0.05, 0.1) is 12.5 Å². The molecule has 0 radical (unpaired) electrons. The fourth-order valence-electron chi connectivity index (χ4n) is 9.45. The van der Waals surface area contributed by atoms with Crippen LogP contribution in [0.15, 0.2) is 24.7 Å². The average Bonchev–Trinajstić information content (AvgIpc) is 3.27. The second kappa shape index (κ2) is 59.3.